The van der Waals surface area contributed by atoms with Gasteiger partial charge in [-0.2, -0.15) is 0 Å². The molecule has 11 nitrogen and oxygen atoms in total. The molecule has 0 spiro atoms. The van der Waals surface area contributed by atoms with Gasteiger partial charge < -0.3 is 29.9 Å². The fourth-order valence-electron chi connectivity index (χ4n) is 3.43. The molecule has 0 radical (unpaired) electrons. The summed E-state index contributed by atoms with van der Waals surface area (Å²) in [6.07, 6.45) is -2.26. The summed E-state index contributed by atoms with van der Waals surface area (Å²) in [5, 5.41) is 21.7. The van der Waals surface area contributed by atoms with E-state index in [1.54, 1.807) is 17.0 Å². The highest BCUT2D eigenvalue weighted by Crippen LogP contribution is 2.14. The Hall–Kier alpha value is -4.25. The number of rotatable bonds is 8. The third-order valence-electron chi connectivity index (χ3n) is 5.34. The van der Waals surface area contributed by atoms with Crippen molar-refractivity contribution in [1.82, 2.24) is 10.2 Å². The fraction of sp³-hybridized carbons (Fsp3) is 0.346. The summed E-state index contributed by atoms with van der Waals surface area (Å²) < 4.78 is 9.52. The highest BCUT2D eigenvalue weighted by atomic mass is 16.6. The highest BCUT2D eigenvalue weighted by molar-refractivity contribution is 5.95. The Bertz CT molecular complexity index is 998. The van der Waals surface area contributed by atoms with Crippen molar-refractivity contribution < 1.29 is 43.7 Å². The number of benzene rings is 2. The normalized spacial score (nSPS) is 16.1. The van der Waals surface area contributed by atoms with Crippen LogP contribution in [-0.2, 0) is 23.9 Å². The molecule has 0 saturated carbocycles. The minimum Gasteiger partial charge on any atom is -0.478 e. The summed E-state index contributed by atoms with van der Waals surface area (Å²) in [6.45, 7) is 1.92. The van der Waals surface area contributed by atoms with E-state index in [1.165, 1.54) is 48.5 Å². The number of aliphatic carboxylic acids is 2. The molecule has 2 aromatic carbocycles. The van der Waals surface area contributed by atoms with Gasteiger partial charge in [0.15, 0.2) is 0 Å². The molecule has 198 valence electrons. The average Bonchev–Trinajstić information content (AvgIpc) is 2.91. The van der Waals surface area contributed by atoms with Gasteiger partial charge in [-0.3, -0.25) is 4.79 Å². The number of ether oxygens (including phenoxy) is 2. The van der Waals surface area contributed by atoms with Crippen molar-refractivity contribution in [2.75, 3.05) is 27.2 Å². The van der Waals surface area contributed by atoms with Crippen molar-refractivity contribution in [3.05, 3.63) is 71.8 Å². The highest BCUT2D eigenvalue weighted by Gasteiger charge is 2.41. The largest absolute Gasteiger partial charge is 0.478 e. The van der Waals surface area contributed by atoms with Crippen LogP contribution in [-0.4, -0.2) is 84.3 Å². The molecule has 3 atom stereocenters. The van der Waals surface area contributed by atoms with Crippen LogP contribution in [0.25, 0.3) is 0 Å². The van der Waals surface area contributed by atoms with Crippen LogP contribution in [0.2, 0.25) is 0 Å². The third kappa shape index (κ3) is 9.04. The monoisotopic (exact) mass is 514 g/mol. The number of carboxylic acid groups (broad SMARTS) is 2. The lowest BCUT2D eigenvalue weighted by Crippen LogP contribution is -2.45. The number of amides is 1. The van der Waals surface area contributed by atoms with Gasteiger partial charge in [-0.25, -0.2) is 19.2 Å². The van der Waals surface area contributed by atoms with Crippen molar-refractivity contribution in [2.45, 2.75) is 25.0 Å². The molecular formula is C26H30N2O9. The van der Waals surface area contributed by atoms with Gasteiger partial charge in [0.25, 0.3) is 0 Å². The van der Waals surface area contributed by atoms with E-state index >= 15 is 0 Å². The van der Waals surface area contributed by atoms with E-state index in [0.29, 0.717) is 0 Å². The van der Waals surface area contributed by atoms with Gasteiger partial charge in [0.2, 0.25) is 18.1 Å². The van der Waals surface area contributed by atoms with Gasteiger partial charge in [0.1, 0.15) is 0 Å². The Morgan fingerprint density at radius 1 is 0.811 bits per heavy atom. The maximum atomic E-state index is 12.0. The van der Waals surface area contributed by atoms with Crippen LogP contribution in [0.15, 0.2) is 60.7 Å². The van der Waals surface area contributed by atoms with Gasteiger partial charge >= 0.3 is 23.9 Å². The summed E-state index contributed by atoms with van der Waals surface area (Å²) in [5.74, 6) is -5.15. The number of nitrogens with zero attached hydrogens (tertiary/aromatic N) is 1. The Kier molecular flexibility index (Phi) is 11.2. The lowest BCUT2D eigenvalue weighted by atomic mass is 9.98. The molecule has 0 aliphatic carbocycles. The number of nitrogens with one attached hydrogen (secondary N) is 1. The number of piperidine rings is 1. The lowest BCUT2D eigenvalue weighted by molar-refractivity contribution is -0.166. The van der Waals surface area contributed by atoms with E-state index in [2.05, 4.69) is 5.32 Å². The minimum atomic E-state index is -2.21. The van der Waals surface area contributed by atoms with Crippen molar-refractivity contribution in [2.24, 2.45) is 5.92 Å². The van der Waals surface area contributed by atoms with Crippen LogP contribution >= 0.6 is 0 Å². The number of hydrogen-bond acceptors (Lipinski definition) is 8. The molecule has 2 unspecified atom stereocenters. The fourth-order valence-corrected chi connectivity index (χ4v) is 3.43. The van der Waals surface area contributed by atoms with Crippen LogP contribution in [0.3, 0.4) is 0 Å². The first-order chi connectivity index (χ1) is 17.6. The number of carbonyl (C=O) groups excluding carboxylic acids is 3. The second-order valence-corrected chi connectivity index (χ2v) is 8.34. The van der Waals surface area contributed by atoms with E-state index in [9.17, 15) is 34.2 Å². The molecule has 11 heteroatoms. The molecule has 1 saturated heterocycles. The topological polar surface area (TPSA) is 160 Å². The van der Waals surface area contributed by atoms with Gasteiger partial charge in [0, 0.05) is 20.6 Å². The molecule has 1 fully saturated rings. The van der Waals surface area contributed by atoms with E-state index in [4.69, 9.17) is 9.47 Å². The van der Waals surface area contributed by atoms with Crippen LogP contribution in [0.1, 0.15) is 33.6 Å². The number of hydrogen-bond donors (Lipinski definition) is 3. The first-order valence-corrected chi connectivity index (χ1v) is 11.5. The maximum absolute atomic E-state index is 12.0. The smallest absolute Gasteiger partial charge is 0.349 e. The van der Waals surface area contributed by atoms with Gasteiger partial charge in [-0.1, -0.05) is 36.4 Å². The van der Waals surface area contributed by atoms with Crippen LogP contribution < -0.4 is 5.32 Å². The van der Waals surface area contributed by atoms with E-state index in [0.717, 1.165) is 25.9 Å². The quantitative estimate of drug-likeness (QED) is 0.442. The van der Waals surface area contributed by atoms with Crippen LogP contribution in [0, 0.1) is 5.92 Å². The Morgan fingerprint density at radius 3 is 1.57 bits per heavy atom. The molecule has 37 heavy (non-hydrogen) atoms. The SMILES string of the molecule is CN(C)C(=O)C1CCCNC1.O=C(OC(C(=O)O)[C@H](OC(=O)c1ccccc1)C(=O)O)c1ccccc1. The zero-order valence-corrected chi connectivity index (χ0v) is 20.5. The molecule has 0 aromatic heterocycles. The predicted octanol–water partition coefficient (Wildman–Crippen LogP) is 1.68. The van der Waals surface area contributed by atoms with Crippen molar-refractivity contribution >= 4 is 29.8 Å². The van der Waals surface area contributed by atoms with E-state index in [1.807, 2.05) is 14.1 Å². The second-order valence-electron chi connectivity index (χ2n) is 8.34. The number of carbonyl (C=O) groups is 5. The first-order valence-electron chi connectivity index (χ1n) is 11.5. The number of carboxylic acids is 2. The molecule has 1 aliphatic heterocycles. The molecule has 1 amide bonds. The third-order valence-corrected chi connectivity index (χ3v) is 5.34. The molecular weight excluding hydrogens is 484 g/mol. The minimum absolute atomic E-state index is 0.0253. The summed E-state index contributed by atoms with van der Waals surface area (Å²) >= 11 is 0. The van der Waals surface area contributed by atoms with Gasteiger partial charge in [-0.05, 0) is 43.7 Å². The summed E-state index contributed by atoms with van der Waals surface area (Å²) in [6, 6.07) is 14.8. The average molecular weight is 515 g/mol. The van der Waals surface area contributed by atoms with E-state index < -0.39 is 36.1 Å². The van der Waals surface area contributed by atoms with Crippen LogP contribution in [0.5, 0.6) is 0 Å². The molecule has 1 heterocycles. The van der Waals surface area contributed by atoms with Crippen molar-refractivity contribution in [3.63, 3.8) is 0 Å². The van der Waals surface area contributed by atoms with Crippen molar-refractivity contribution in [1.29, 1.82) is 0 Å². The predicted molar refractivity (Wildman–Crippen MR) is 131 cm³/mol. The second kappa shape index (κ2) is 14.3. The summed E-state index contributed by atoms with van der Waals surface area (Å²) in [4.78, 5) is 59.9. The standard InChI is InChI=1S/C18H14O8.C8H16N2O/c19-15(20)13(25-17(23)11-7-3-1-4-8-11)14(16(21)22)26-18(24)12-9-5-2-6-10-12;1-10(2)8(11)7-4-3-5-9-6-7/h1-10,13-14H,(H,19,20)(H,21,22);7,9H,3-6H2,1-2H3/t13-,14?;/m0./s1. The van der Waals surface area contributed by atoms with Gasteiger partial charge in [0.05, 0.1) is 17.0 Å². The Balaban J connectivity index is 0.000000364. The molecule has 0 bridgehead atoms. The Morgan fingerprint density at radius 2 is 1.24 bits per heavy atom. The zero-order valence-electron chi connectivity index (χ0n) is 20.5. The lowest BCUT2D eigenvalue weighted by Gasteiger charge is -2.24. The zero-order chi connectivity index (χ0) is 27.4. The van der Waals surface area contributed by atoms with Crippen LogP contribution in [0.4, 0.5) is 0 Å². The number of esters is 2. The summed E-state index contributed by atoms with van der Waals surface area (Å²) in [5.41, 5.74) is 0.0505. The molecule has 3 N–H and O–H groups in total. The Labute approximate surface area is 214 Å². The van der Waals surface area contributed by atoms with Gasteiger partial charge in [-0.15, -0.1) is 0 Å². The maximum Gasteiger partial charge on any atom is 0.349 e. The van der Waals surface area contributed by atoms with E-state index in [-0.39, 0.29) is 23.0 Å². The molecule has 3 rings (SSSR count). The van der Waals surface area contributed by atoms with Crippen molar-refractivity contribution in [3.8, 4) is 0 Å². The molecule has 2 aromatic rings. The first kappa shape index (κ1) is 29.0. The summed E-state index contributed by atoms with van der Waals surface area (Å²) in [7, 11) is 3.63. The molecule has 1 aliphatic rings.